The summed E-state index contributed by atoms with van der Waals surface area (Å²) in [5, 5.41) is 0. The van der Waals surface area contributed by atoms with Crippen LogP contribution in [0.2, 0.25) is 0 Å². The Hall–Kier alpha value is -2.17. The van der Waals surface area contributed by atoms with E-state index in [9.17, 15) is 9.59 Å². The lowest BCUT2D eigenvalue weighted by molar-refractivity contribution is -0.891. The van der Waals surface area contributed by atoms with Crippen LogP contribution >= 0.6 is 0 Å². The molecule has 5 nitrogen and oxygen atoms in total. The van der Waals surface area contributed by atoms with Gasteiger partial charge in [0.1, 0.15) is 6.61 Å². The number of pyridine rings is 1. The predicted molar refractivity (Wildman–Crippen MR) is 96.2 cm³/mol. The number of hydrogen-bond donors (Lipinski definition) is 0. The zero-order chi connectivity index (χ0) is 18.5. The van der Waals surface area contributed by atoms with Gasteiger partial charge in [-0.2, -0.15) is 0 Å². The molecule has 0 saturated heterocycles. The summed E-state index contributed by atoms with van der Waals surface area (Å²) in [6, 6.07) is 3.50. The van der Waals surface area contributed by atoms with E-state index < -0.39 is 5.97 Å². The third kappa shape index (κ3) is 9.03. The molecule has 1 aromatic rings. The Morgan fingerprint density at radius 3 is 2.32 bits per heavy atom. The van der Waals surface area contributed by atoms with Crippen LogP contribution in [0.1, 0.15) is 69.2 Å². The molecule has 1 rings (SSSR count). The first-order valence-corrected chi connectivity index (χ1v) is 9.05. The van der Waals surface area contributed by atoms with Gasteiger partial charge in [0.15, 0.2) is 12.4 Å². The van der Waals surface area contributed by atoms with Gasteiger partial charge in [0.25, 0.3) is 0 Å². The van der Waals surface area contributed by atoms with E-state index in [1.165, 1.54) is 30.4 Å². The van der Waals surface area contributed by atoms with Gasteiger partial charge in [-0.3, -0.25) is 9.63 Å². The highest BCUT2D eigenvalue weighted by Crippen LogP contribution is 2.10. The second kappa shape index (κ2) is 12.2. The Bertz CT molecular complexity index is 551. The van der Waals surface area contributed by atoms with Gasteiger partial charge in [-0.1, -0.05) is 45.6 Å². The molecule has 0 atom stereocenters. The van der Waals surface area contributed by atoms with E-state index in [0.29, 0.717) is 17.6 Å². The highest BCUT2D eigenvalue weighted by Gasteiger charge is 2.10. The van der Waals surface area contributed by atoms with Crippen molar-refractivity contribution >= 4 is 11.8 Å². The molecule has 0 fully saturated rings. The highest BCUT2D eigenvalue weighted by molar-refractivity contribution is 5.95. The summed E-state index contributed by atoms with van der Waals surface area (Å²) in [5.41, 5.74) is 1.06. The molecule has 0 aliphatic rings. The molecule has 0 bridgehead atoms. The van der Waals surface area contributed by atoms with Crippen LogP contribution in [-0.2, 0) is 9.53 Å². The van der Waals surface area contributed by atoms with Crippen molar-refractivity contribution in [2.24, 2.45) is 0 Å². The summed E-state index contributed by atoms with van der Waals surface area (Å²) in [6.07, 6.45) is 11.0. The number of Topliss-reactive ketones (excluding diaryl/α,β-unsaturated/α-hetero) is 1. The van der Waals surface area contributed by atoms with E-state index in [1.807, 2.05) is 0 Å². The lowest BCUT2D eigenvalue weighted by Crippen LogP contribution is -2.43. The normalized spacial score (nSPS) is 10.3. The quantitative estimate of drug-likeness (QED) is 0.180. The summed E-state index contributed by atoms with van der Waals surface area (Å²) < 4.78 is 6.43. The largest absolute Gasteiger partial charge is 0.458 e. The lowest BCUT2D eigenvalue weighted by atomic mass is 10.0. The molecule has 0 aliphatic carbocycles. The molecule has 5 heteroatoms. The smallest absolute Gasteiger partial charge is 0.333 e. The zero-order valence-electron chi connectivity index (χ0n) is 15.5. The second-order valence-electron chi connectivity index (χ2n) is 6.14. The molecule has 0 aromatic carbocycles. The van der Waals surface area contributed by atoms with E-state index >= 15 is 0 Å². The number of nitrogens with zero attached hydrogens (tertiary/aromatic N) is 1. The first-order chi connectivity index (χ1) is 12.0. The van der Waals surface area contributed by atoms with E-state index in [2.05, 4.69) is 13.5 Å². The Kier molecular flexibility index (Phi) is 10.2. The van der Waals surface area contributed by atoms with Crippen molar-refractivity contribution in [2.45, 2.75) is 58.8 Å². The number of hydrogen-bond acceptors (Lipinski definition) is 4. The fourth-order valence-electron chi connectivity index (χ4n) is 2.30. The number of rotatable bonds is 13. The summed E-state index contributed by atoms with van der Waals surface area (Å²) in [5.74, 6) is -0.262. The van der Waals surface area contributed by atoms with Gasteiger partial charge in [0.05, 0.1) is 0 Å². The van der Waals surface area contributed by atoms with Crippen molar-refractivity contribution in [3.63, 3.8) is 0 Å². The van der Waals surface area contributed by atoms with Crippen LogP contribution in [0.25, 0.3) is 0 Å². The maximum Gasteiger partial charge on any atom is 0.333 e. The van der Waals surface area contributed by atoms with Crippen LogP contribution in [0, 0.1) is 0 Å². The molecule has 1 aromatic heterocycles. The van der Waals surface area contributed by atoms with E-state index in [1.54, 1.807) is 31.5 Å². The number of ketones is 1. The highest BCUT2D eigenvalue weighted by atomic mass is 16.7. The third-order valence-corrected chi connectivity index (χ3v) is 3.79. The van der Waals surface area contributed by atoms with Crippen LogP contribution < -0.4 is 9.57 Å². The van der Waals surface area contributed by atoms with E-state index in [4.69, 9.17) is 9.57 Å². The predicted octanol–water partition coefficient (Wildman–Crippen LogP) is 3.46. The van der Waals surface area contributed by atoms with Gasteiger partial charge in [-0.15, -0.1) is 0 Å². The van der Waals surface area contributed by atoms with Crippen molar-refractivity contribution < 1.29 is 23.9 Å². The van der Waals surface area contributed by atoms with Crippen LogP contribution in [0.5, 0.6) is 0 Å². The van der Waals surface area contributed by atoms with E-state index in [-0.39, 0.29) is 19.0 Å². The molecule has 25 heavy (non-hydrogen) atoms. The molecular formula is C20H30NO4+. The topological polar surface area (TPSA) is 56.5 Å². The van der Waals surface area contributed by atoms with Crippen molar-refractivity contribution in [2.75, 3.05) is 13.2 Å². The summed E-state index contributed by atoms with van der Waals surface area (Å²) in [4.78, 5) is 28.7. The molecule has 1 heterocycles. The van der Waals surface area contributed by atoms with Crippen molar-refractivity contribution in [3.8, 4) is 0 Å². The molecule has 0 spiro atoms. The average Bonchev–Trinajstić information content (AvgIpc) is 2.61. The Morgan fingerprint density at radius 1 is 1.04 bits per heavy atom. The zero-order valence-corrected chi connectivity index (χ0v) is 15.5. The molecule has 0 saturated carbocycles. The Morgan fingerprint density at radius 2 is 1.68 bits per heavy atom. The van der Waals surface area contributed by atoms with E-state index in [0.717, 1.165) is 12.8 Å². The van der Waals surface area contributed by atoms with Gasteiger partial charge in [-0.25, -0.2) is 4.79 Å². The number of aromatic nitrogens is 1. The third-order valence-electron chi connectivity index (χ3n) is 3.79. The second-order valence-corrected chi connectivity index (χ2v) is 6.14. The van der Waals surface area contributed by atoms with Crippen molar-refractivity contribution in [1.29, 1.82) is 0 Å². The van der Waals surface area contributed by atoms with Crippen molar-refractivity contribution in [3.05, 3.63) is 42.2 Å². The van der Waals surface area contributed by atoms with Gasteiger partial charge in [0, 0.05) is 34.4 Å². The molecule has 0 unspecified atom stereocenters. The minimum Gasteiger partial charge on any atom is -0.458 e. The number of carbonyl (C=O) groups excluding carboxylic acids is 2. The number of esters is 1. The molecule has 0 aliphatic heterocycles. The Balaban J connectivity index is 2.24. The van der Waals surface area contributed by atoms with Crippen LogP contribution in [0.15, 0.2) is 36.7 Å². The summed E-state index contributed by atoms with van der Waals surface area (Å²) >= 11 is 0. The first kappa shape index (κ1) is 20.9. The monoisotopic (exact) mass is 348 g/mol. The fourth-order valence-corrected chi connectivity index (χ4v) is 2.30. The fraction of sp³-hybridized carbons (Fsp3) is 0.550. The minimum atomic E-state index is -0.427. The first-order valence-electron chi connectivity index (χ1n) is 9.05. The standard InChI is InChI=1S/C20H30NO4/c1-4-5-6-7-8-9-10-19(22)18-11-13-21(14-12-18)25-16-15-24-20(23)17(2)3/h11-14H,2,4-10,15-16H2,1,3H3/q+1. The Labute approximate surface area is 150 Å². The van der Waals surface area contributed by atoms with Crippen molar-refractivity contribution in [1.82, 2.24) is 0 Å². The van der Waals surface area contributed by atoms with Gasteiger partial charge in [-0.05, 0) is 13.3 Å². The number of unbranched alkanes of at least 4 members (excludes halogenated alkanes) is 5. The van der Waals surface area contributed by atoms with Gasteiger partial charge < -0.3 is 4.74 Å². The van der Waals surface area contributed by atoms with Crippen LogP contribution in [0.3, 0.4) is 0 Å². The summed E-state index contributed by atoms with van der Waals surface area (Å²) in [6.45, 7) is 7.68. The molecule has 0 amide bonds. The maximum absolute atomic E-state index is 12.1. The van der Waals surface area contributed by atoms with Crippen LogP contribution in [-0.4, -0.2) is 25.0 Å². The lowest BCUT2D eigenvalue weighted by Gasteiger charge is -2.03. The molecule has 138 valence electrons. The van der Waals surface area contributed by atoms with Gasteiger partial charge in [0.2, 0.25) is 12.4 Å². The minimum absolute atomic E-state index is 0.150. The summed E-state index contributed by atoms with van der Waals surface area (Å²) in [7, 11) is 0. The maximum atomic E-state index is 12.1. The van der Waals surface area contributed by atoms with Gasteiger partial charge >= 0.3 is 5.97 Å². The SMILES string of the molecule is C=C(C)C(=O)OCCO[n+]1ccc(C(=O)CCCCCCCC)cc1. The molecular weight excluding hydrogens is 318 g/mol. The van der Waals surface area contributed by atoms with Crippen LogP contribution in [0.4, 0.5) is 0 Å². The average molecular weight is 348 g/mol. The molecule has 0 N–H and O–H groups in total. The number of carbonyl (C=O) groups is 2. The molecule has 0 radical (unpaired) electrons. The number of ether oxygens (including phenoxy) is 1.